The molecule has 3 aromatic rings. The highest BCUT2D eigenvalue weighted by atomic mass is 79.9. The van der Waals surface area contributed by atoms with Crippen LogP contribution in [0.3, 0.4) is 0 Å². The molecule has 0 aromatic heterocycles. The third-order valence-corrected chi connectivity index (χ3v) is 5.60. The Balaban J connectivity index is 1.56. The van der Waals surface area contributed by atoms with Crippen molar-refractivity contribution in [3.05, 3.63) is 94.0 Å². The molecule has 35 heavy (non-hydrogen) atoms. The van der Waals surface area contributed by atoms with Gasteiger partial charge in [0.2, 0.25) is 0 Å². The molecule has 3 N–H and O–H groups in total. The van der Waals surface area contributed by atoms with Crippen LogP contribution >= 0.6 is 28.1 Å². The summed E-state index contributed by atoms with van der Waals surface area (Å²) in [4.78, 5) is 25.0. The van der Waals surface area contributed by atoms with E-state index in [-0.39, 0.29) is 11.0 Å². The molecule has 2 amide bonds. The van der Waals surface area contributed by atoms with Gasteiger partial charge in [-0.25, -0.2) is 0 Å². The first kappa shape index (κ1) is 26.3. The summed E-state index contributed by atoms with van der Waals surface area (Å²) < 4.78 is 11.6. The van der Waals surface area contributed by atoms with E-state index in [9.17, 15) is 9.59 Å². The fraction of sp³-hybridized carbons (Fsp3) is 0.192. The minimum atomic E-state index is -0.396. The smallest absolute Gasteiger partial charge is 0.261 e. The number of benzene rings is 3. The number of ether oxygens (including phenoxy) is 2. The predicted molar refractivity (Wildman–Crippen MR) is 144 cm³/mol. The van der Waals surface area contributed by atoms with E-state index >= 15 is 0 Å². The molecule has 0 atom stereocenters. The molecule has 0 aliphatic rings. The van der Waals surface area contributed by atoms with Gasteiger partial charge in [0.25, 0.3) is 11.8 Å². The lowest BCUT2D eigenvalue weighted by atomic mass is 10.1. The highest BCUT2D eigenvalue weighted by Crippen LogP contribution is 2.23. The zero-order valence-corrected chi connectivity index (χ0v) is 21.6. The maximum absolute atomic E-state index is 12.9. The molecule has 0 saturated carbocycles. The van der Waals surface area contributed by atoms with Crippen LogP contribution in [-0.2, 0) is 11.2 Å². The van der Waals surface area contributed by atoms with Crippen molar-refractivity contribution in [3.8, 4) is 5.75 Å². The third kappa shape index (κ3) is 8.47. The maximum Gasteiger partial charge on any atom is 0.261 e. The fourth-order valence-corrected chi connectivity index (χ4v) is 3.71. The summed E-state index contributed by atoms with van der Waals surface area (Å²) in [7, 11) is 1.57. The summed E-state index contributed by atoms with van der Waals surface area (Å²) in [5, 5.41) is 8.52. The molecule has 0 aliphatic carbocycles. The minimum absolute atomic E-state index is 0.127. The number of amides is 2. The molecule has 0 saturated heterocycles. The van der Waals surface area contributed by atoms with Crippen LogP contribution in [0.15, 0.2) is 77.3 Å². The summed E-state index contributed by atoms with van der Waals surface area (Å²) in [6.45, 7) is 1.30. The number of halogens is 1. The molecule has 0 radical (unpaired) electrons. The minimum Gasteiger partial charge on any atom is -0.492 e. The zero-order valence-electron chi connectivity index (χ0n) is 19.2. The van der Waals surface area contributed by atoms with Crippen LogP contribution in [0.2, 0.25) is 0 Å². The van der Waals surface area contributed by atoms with Crippen molar-refractivity contribution in [2.75, 3.05) is 32.2 Å². The Morgan fingerprint density at radius 3 is 2.40 bits per heavy atom. The topological polar surface area (TPSA) is 88.7 Å². The van der Waals surface area contributed by atoms with Gasteiger partial charge in [-0.2, -0.15) is 0 Å². The second kappa shape index (κ2) is 13.6. The Hall–Kier alpha value is -3.27. The van der Waals surface area contributed by atoms with E-state index in [1.54, 1.807) is 43.5 Å². The standard InChI is InChI=1S/C26H26BrN3O4S/c1-33-16-14-28-24(31)19-7-10-21(11-8-19)29-26(35)30-25(32)22-17-20(27)9-12-23(22)34-15-13-18-5-3-2-4-6-18/h2-12,17H,13-16H2,1H3,(H,28,31)(H2,29,30,32,35). The van der Waals surface area contributed by atoms with Crippen molar-refractivity contribution in [2.24, 2.45) is 0 Å². The van der Waals surface area contributed by atoms with Crippen molar-refractivity contribution in [2.45, 2.75) is 6.42 Å². The molecule has 0 unspecified atom stereocenters. The summed E-state index contributed by atoms with van der Waals surface area (Å²) in [6.07, 6.45) is 0.721. The Morgan fingerprint density at radius 1 is 0.943 bits per heavy atom. The monoisotopic (exact) mass is 555 g/mol. The summed E-state index contributed by atoms with van der Waals surface area (Å²) >= 11 is 8.71. The summed E-state index contributed by atoms with van der Waals surface area (Å²) in [5.74, 6) is -0.125. The molecule has 3 rings (SSSR count). The van der Waals surface area contributed by atoms with E-state index in [0.717, 1.165) is 16.5 Å². The van der Waals surface area contributed by atoms with Crippen molar-refractivity contribution < 1.29 is 19.1 Å². The molecular weight excluding hydrogens is 530 g/mol. The van der Waals surface area contributed by atoms with Gasteiger partial charge in [0, 0.05) is 35.8 Å². The van der Waals surface area contributed by atoms with Crippen molar-refractivity contribution in [1.29, 1.82) is 0 Å². The molecule has 0 fully saturated rings. The van der Waals surface area contributed by atoms with Crippen LogP contribution in [-0.4, -0.2) is 43.8 Å². The van der Waals surface area contributed by atoms with Crippen LogP contribution in [0.4, 0.5) is 5.69 Å². The molecule has 0 heterocycles. The zero-order chi connectivity index (χ0) is 25.0. The van der Waals surface area contributed by atoms with E-state index in [4.69, 9.17) is 21.7 Å². The van der Waals surface area contributed by atoms with Crippen LogP contribution in [0.5, 0.6) is 5.75 Å². The van der Waals surface area contributed by atoms with Crippen LogP contribution in [0.1, 0.15) is 26.3 Å². The Morgan fingerprint density at radius 2 is 1.69 bits per heavy atom. The Bertz CT molecular complexity index is 1160. The Kier molecular flexibility index (Phi) is 10.2. The van der Waals surface area contributed by atoms with Crippen LogP contribution in [0.25, 0.3) is 0 Å². The first-order chi connectivity index (χ1) is 17.0. The van der Waals surface area contributed by atoms with Gasteiger partial charge >= 0.3 is 0 Å². The van der Waals surface area contributed by atoms with E-state index in [0.29, 0.717) is 42.3 Å². The SMILES string of the molecule is COCCNC(=O)c1ccc(NC(=S)NC(=O)c2cc(Br)ccc2OCCc2ccccc2)cc1. The van der Waals surface area contributed by atoms with Crippen molar-refractivity contribution >= 4 is 50.8 Å². The number of hydrogen-bond donors (Lipinski definition) is 3. The van der Waals surface area contributed by atoms with Gasteiger partial charge < -0.3 is 20.1 Å². The number of hydrogen-bond acceptors (Lipinski definition) is 5. The van der Waals surface area contributed by atoms with Crippen LogP contribution in [0, 0.1) is 0 Å². The Labute approximate surface area is 218 Å². The summed E-state index contributed by atoms with van der Waals surface area (Å²) in [6, 6.07) is 22.0. The average Bonchev–Trinajstić information content (AvgIpc) is 2.86. The number of thiocarbonyl (C=S) groups is 1. The van der Waals surface area contributed by atoms with E-state index in [2.05, 4.69) is 31.9 Å². The number of nitrogens with one attached hydrogen (secondary N) is 3. The molecular formula is C26H26BrN3O4S. The maximum atomic E-state index is 12.9. The number of carbonyl (C=O) groups excluding carboxylic acids is 2. The van der Waals surface area contributed by atoms with Gasteiger partial charge in [-0.3, -0.25) is 14.9 Å². The largest absolute Gasteiger partial charge is 0.492 e. The lowest BCUT2D eigenvalue weighted by Gasteiger charge is -2.14. The summed E-state index contributed by atoms with van der Waals surface area (Å²) in [5.41, 5.74) is 2.66. The fourth-order valence-electron chi connectivity index (χ4n) is 3.14. The number of rotatable bonds is 10. The number of carbonyl (C=O) groups is 2. The lowest BCUT2D eigenvalue weighted by molar-refractivity contribution is 0.0935. The highest BCUT2D eigenvalue weighted by Gasteiger charge is 2.15. The van der Waals surface area contributed by atoms with Gasteiger partial charge in [0.1, 0.15) is 5.75 Å². The second-order valence-electron chi connectivity index (χ2n) is 7.46. The molecule has 3 aromatic carbocycles. The van der Waals surface area contributed by atoms with E-state index in [1.165, 1.54) is 0 Å². The van der Waals surface area contributed by atoms with Gasteiger partial charge in [-0.1, -0.05) is 46.3 Å². The van der Waals surface area contributed by atoms with E-state index in [1.807, 2.05) is 36.4 Å². The average molecular weight is 556 g/mol. The normalized spacial score (nSPS) is 10.3. The first-order valence-corrected chi connectivity index (χ1v) is 12.1. The van der Waals surface area contributed by atoms with E-state index < -0.39 is 5.91 Å². The third-order valence-electron chi connectivity index (χ3n) is 4.90. The molecule has 7 nitrogen and oxygen atoms in total. The predicted octanol–water partition coefficient (Wildman–Crippen LogP) is 4.57. The molecule has 9 heteroatoms. The molecule has 182 valence electrons. The van der Waals surface area contributed by atoms with Gasteiger partial charge in [-0.15, -0.1) is 0 Å². The van der Waals surface area contributed by atoms with Gasteiger partial charge in [0.15, 0.2) is 5.11 Å². The number of anilines is 1. The van der Waals surface area contributed by atoms with Gasteiger partial charge in [0.05, 0.1) is 18.8 Å². The van der Waals surface area contributed by atoms with Crippen LogP contribution < -0.4 is 20.7 Å². The van der Waals surface area contributed by atoms with Gasteiger partial charge in [-0.05, 0) is 60.2 Å². The first-order valence-electron chi connectivity index (χ1n) is 10.9. The molecule has 0 bridgehead atoms. The molecule has 0 aliphatic heterocycles. The van der Waals surface area contributed by atoms with Crippen molar-refractivity contribution in [1.82, 2.24) is 10.6 Å². The quantitative estimate of drug-likeness (QED) is 0.251. The highest BCUT2D eigenvalue weighted by molar-refractivity contribution is 9.10. The lowest BCUT2D eigenvalue weighted by Crippen LogP contribution is -2.34. The molecule has 0 spiro atoms. The number of methoxy groups -OCH3 is 1. The second-order valence-corrected chi connectivity index (χ2v) is 8.78. The van der Waals surface area contributed by atoms with Crippen molar-refractivity contribution in [3.63, 3.8) is 0 Å².